The fourth-order valence-corrected chi connectivity index (χ4v) is 2.27. The van der Waals surface area contributed by atoms with Gasteiger partial charge in [0.05, 0.1) is 7.11 Å². The van der Waals surface area contributed by atoms with Crippen molar-refractivity contribution in [3.63, 3.8) is 0 Å². The Morgan fingerprint density at radius 2 is 1.76 bits per heavy atom. The van der Waals surface area contributed by atoms with Gasteiger partial charge in [-0.25, -0.2) is 4.79 Å². The molecule has 6 heteroatoms. The van der Waals surface area contributed by atoms with Crippen molar-refractivity contribution in [1.29, 1.82) is 0 Å². The highest BCUT2D eigenvalue weighted by molar-refractivity contribution is 5.86. The standard InChI is InChI=1S/C19H21NO5/c1-13(25-16-10-6-9-15(12-16)24-2)18(21)20-17(19(22)23)11-14-7-4-3-5-8-14/h3-10,12-13,17H,11H2,1-2H3,(H,20,21)(H,22,23). The molecule has 0 aliphatic carbocycles. The first kappa shape index (κ1) is 18.3. The molecule has 0 fully saturated rings. The van der Waals surface area contributed by atoms with Crippen LogP contribution in [0.15, 0.2) is 54.6 Å². The second-order valence-electron chi connectivity index (χ2n) is 5.53. The van der Waals surface area contributed by atoms with Crippen LogP contribution in [0.4, 0.5) is 0 Å². The molecule has 0 radical (unpaired) electrons. The topological polar surface area (TPSA) is 84.9 Å². The van der Waals surface area contributed by atoms with Crippen molar-refractivity contribution >= 4 is 11.9 Å². The van der Waals surface area contributed by atoms with Crippen molar-refractivity contribution in [1.82, 2.24) is 5.32 Å². The highest BCUT2D eigenvalue weighted by atomic mass is 16.5. The highest BCUT2D eigenvalue weighted by Crippen LogP contribution is 2.20. The number of carbonyl (C=O) groups excluding carboxylic acids is 1. The number of nitrogens with one attached hydrogen (secondary N) is 1. The normalized spacial score (nSPS) is 12.7. The second-order valence-corrected chi connectivity index (χ2v) is 5.53. The molecule has 132 valence electrons. The smallest absolute Gasteiger partial charge is 0.326 e. The molecule has 0 aliphatic heterocycles. The summed E-state index contributed by atoms with van der Waals surface area (Å²) in [6, 6.07) is 15.0. The summed E-state index contributed by atoms with van der Waals surface area (Å²) in [5, 5.41) is 11.9. The summed E-state index contributed by atoms with van der Waals surface area (Å²) in [5.74, 6) is -0.508. The summed E-state index contributed by atoms with van der Waals surface area (Å²) in [5.41, 5.74) is 0.830. The van der Waals surface area contributed by atoms with Crippen molar-refractivity contribution in [3.8, 4) is 11.5 Å². The number of carboxylic acid groups (broad SMARTS) is 1. The van der Waals surface area contributed by atoms with Crippen LogP contribution in [0, 0.1) is 0 Å². The van der Waals surface area contributed by atoms with Gasteiger partial charge in [-0.1, -0.05) is 36.4 Å². The number of ether oxygens (including phenoxy) is 2. The number of hydrogen-bond donors (Lipinski definition) is 2. The molecule has 2 rings (SSSR count). The third kappa shape index (κ3) is 5.53. The average molecular weight is 343 g/mol. The first-order valence-corrected chi connectivity index (χ1v) is 7.87. The predicted molar refractivity (Wildman–Crippen MR) is 92.8 cm³/mol. The number of carboxylic acids is 1. The van der Waals surface area contributed by atoms with Gasteiger partial charge in [0.1, 0.15) is 17.5 Å². The number of benzene rings is 2. The van der Waals surface area contributed by atoms with Crippen LogP contribution < -0.4 is 14.8 Å². The molecule has 2 aromatic rings. The minimum absolute atomic E-state index is 0.202. The lowest BCUT2D eigenvalue weighted by Crippen LogP contribution is -2.47. The van der Waals surface area contributed by atoms with Gasteiger partial charge < -0.3 is 19.9 Å². The van der Waals surface area contributed by atoms with Crippen LogP contribution in [0.5, 0.6) is 11.5 Å². The van der Waals surface area contributed by atoms with Gasteiger partial charge in [-0.15, -0.1) is 0 Å². The number of methoxy groups -OCH3 is 1. The zero-order valence-electron chi connectivity index (χ0n) is 14.1. The Morgan fingerprint density at radius 3 is 2.40 bits per heavy atom. The molecule has 25 heavy (non-hydrogen) atoms. The van der Waals surface area contributed by atoms with Gasteiger partial charge in [-0.05, 0) is 24.6 Å². The number of hydrogen-bond acceptors (Lipinski definition) is 4. The van der Waals surface area contributed by atoms with Gasteiger partial charge >= 0.3 is 5.97 Å². The van der Waals surface area contributed by atoms with Gasteiger partial charge in [0, 0.05) is 12.5 Å². The third-order valence-electron chi connectivity index (χ3n) is 3.62. The van der Waals surface area contributed by atoms with Crippen molar-refractivity contribution in [2.75, 3.05) is 7.11 Å². The van der Waals surface area contributed by atoms with E-state index in [-0.39, 0.29) is 6.42 Å². The van der Waals surface area contributed by atoms with Crippen molar-refractivity contribution in [2.24, 2.45) is 0 Å². The second kappa shape index (κ2) is 8.73. The Bertz CT molecular complexity index is 717. The van der Waals surface area contributed by atoms with Gasteiger partial charge in [-0.3, -0.25) is 4.79 Å². The maximum atomic E-state index is 12.3. The van der Waals surface area contributed by atoms with Crippen LogP contribution in [-0.4, -0.2) is 36.2 Å². The van der Waals surface area contributed by atoms with Crippen molar-refractivity contribution in [2.45, 2.75) is 25.5 Å². The molecule has 0 spiro atoms. The summed E-state index contributed by atoms with van der Waals surface area (Å²) in [6.07, 6.45) is -0.641. The predicted octanol–water partition coefficient (Wildman–Crippen LogP) is 2.27. The Labute approximate surface area is 146 Å². The van der Waals surface area contributed by atoms with Gasteiger partial charge in [0.25, 0.3) is 5.91 Å². The van der Waals surface area contributed by atoms with Crippen LogP contribution in [0.1, 0.15) is 12.5 Å². The molecule has 2 atom stereocenters. The fourth-order valence-electron chi connectivity index (χ4n) is 2.27. The van der Waals surface area contributed by atoms with Crippen LogP contribution >= 0.6 is 0 Å². The van der Waals surface area contributed by atoms with E-state index in [4.69, 9.17) is 9.47 Å². The molecular weight excluding hydrogens is 322 g/mol. The van der Waals surface area contributed by atoms with E-state index in [0.29, 0.717) is 11.5 Å². The van der Waals surface area contributed by atoms with Gasteiger partial charge in [0.2, 0.25) is 0 Å². The monoisotopic (exact) mass is 343 g/mol. The molecule has 2 N–H and O–H groups in total. The molecule has 2 aromatic carbocycles. The lowest BCUT2D eigenvalue weighted by Gasteiger charge is -2.19. The summed E-state index contributed by atoms with van der Waals surface area (Å²) in [6.45, 7) is 1.57. The van der Waals surface area contributed by atoms with Crippen LogP contribution in [0.2, 0.25) is 0 Å². The molecule has 0 heterocycles. The van der Waals surface area contributed by atoms with Crippen LogP contribution in [0.3, 0.4) is 0 Å². The molecule has 0 aromatic heterocycles. The lowest BCUT2D eigenvalue weighted by molar-refractivity contribution is -0.142. The fraction of sp³-hybridized carbons (Fsp3) is 0.263. The number of rotatable bonds is 8. The van der Waals surface area contributed by atoms with E-state index >= 15 is 0 Å². The van der Waals surface area contributed by atoms with E-state index < -0.39 is 24.0 Å². The highest BCUT2D eigenvalue weighted by Gasteiger charge is 2.24. The number of carbonyl (C=O) groups is 2. The summed E-state index contributed by atoms with van der Waals surface area (Å²) in [7, 11) is 1.54. The lowest BCUT2D eigenvalue weighted by atomic mass is 10.1. The number of amides is 1. The van der Waals surface area contributed by atoms with E-state index in [1.54, 1.807) is 31.2 Å². The van der Waals surface area contributed by atoms with E-state index in [9.17, 15) is 14.7 Å². The van der Waals surface area contributed by atoms with E-state index in [0.717, 1.165) is 5.56 Å². The Kier molecular flexibility index (Phi) is 6.39. The molecule has 0 saturated heterocycles. The molecule has 2 unspecified atom stereocenters. The van der Waals surface area contributed by atoms with Crippen LogP contribution in [-0.2, 0) is 16.0 Å². The van der Waals surface area contributed by atoms with E-state index in [2.05, 4.69) is 5.32 Å². The summed E-state index contributed by atoms with van der Waals surface area (Å²) in [4.78, 5) is 23.7. The molecule has 1 amide bonds. The zero-order valence-corrected chi connectivity index (χ0v) is 14.1. The first-order valence-electron chi connectivity index (χ1n) is 7.87. The SMILES string of the molecule is COc1cccc(OC(C)C(=O)NC(Cc2ccccc2)C(=O)O)c1. The zero-order chi connectivity index (χ0) is 18.2. The van der Waals surface area contributed by atoms with Crippen molar-refractivity contribution in [3.05, 3.63) is 60.2 Å². The summed E-state index contributed by atoms with van der Waals surface area (Å²) >= 11 is 0. The van der Waals surface area contributed by atoms with Crippen LogP contribution in [0.25, 0.3) is 0 Å². The number of aliphatic carboxylic acids is 1. The largest absolute Gasteiger partial charge is 0.497 e. The Hall–Kier alpha value is -3.02. The quantitative estimate of drug-likeness (QED) is 0.768. The maximum Gasteiger partial charge on any atom is 0.326 e. The Balaban J connectivity index is 1.98. The van der Waals surface area contributed by atoms with Gasteiger partial charge in [0.15, 0.2) is 6.10 Å². The molecule has 6 nitrogen and oxygen atoms in total. The Morgan fingerprint density at radius 1 is 1.08 bits per heavy atom. The van der Waals surface area contributed by atoms with Crippen molar-refractivity contribution < 1.29 is 24.2 Å². The third-order valence-corrected chi connectivity index (χ3v) is 3.62. The van der Waals surface area contributed by atoms with Gasteiger partial charge in [-0.2, -0.15) is 0 Å². The molecular formula is C19H21NO5. The first-order chi connectivity index (χ1) is 12.0. The summed E-state index contributed by atoms with van der Waals surface area (Å²) < 4.78 is 10.7. The minimum Gasteiger partial charge on any atom is -0.497 e. The maximum absolute atomic E-state index is 12.3. The molecule has 0 saturated carbocycles. The minimum atomic E-state index is -1.09. The average Bonchev–Trinajstić information content (AvgIpc) is 2.62. The van der Waals surface area contributed by atoms with E-state index in [1.807, 2.05) is 30.3 Å². The van der Waals surface area contributed by atoms with E-state index in [1.165, 1.54) is 7.11 Å². The molecule has 0 aliphatic rings. The molecule has 0 bridgehead atoms.